The largest absolute Gasteiger partial charge is 0.439 e. The Kier molecular flexibility index (Phi) is 6.21. The molecule has 1 aliphatic heterocycles. The quantitative estimate of drug-likeness (QED) is 0.585. The maximum Gasteiger partial charge on any atom is 0.324 e. The number of anilines is 1. The van der Waals surface area contributed by atoms with E-state index in [1.54, 1.807) is 6.20 Å². The van der Waals surface area contributed by atoms with Crippen LogP contribution in [0.3, 0.4) is 0 Å². The van der Waals surface area contributed by atoms with Crippen LogP contribution in [0, 0.1) is 26.7 Å². The molecule has 3 heterocycles. The average molecular weight is 423 g/mol. The van der Waals surface area contributed by atoms with Crippen LogP contribution in [0.1, 0.15) is 36.7 Å². The van der Waals surface area contributed by atoms with E-state index in [1.807, 2.05) is 49.9 Å². The number of piperidine rings is 1. The molecule has 0 atom stereocenters. The molecule has 0 radical (unpaired) electrons. The Labute approximate surface area is 183 Å². The van der Waals surface area contributed by atoms with Crippen molar-refractivity contribution in [3.63, 3.8) is 0 Å². The highest BCUT2D eigenvalue weighted by atomic mass is 16.5. The molecule has 164 valence electrons. The Morgan fingerprint density at radius 3 is 2.71 bits per heavy atom. The van der Waals surface area contributed by atoms with Crippen LogP contribution in [0.2, 0.25) is 0 Å². The van der Waals surface area contributed by atoms with E-state index in [4.69, 9.17) is 9.26 Å². The van der Waals surface area contributed by atoms with Crippen molar-refractivity contribution in [1.29, 1.82) is 0 Å². The summed E-state index contributed by atoms with van der Waals surface area (Å²) in [4.78, 5) is 18.7. The highest BCUT2D eigenvalue weighted by Crippen LogP contribution is 2.26. The van der Waals surface area contributed by atoms with E-state index in [0.29, 0.717) is 17.7 Å². The number of urea groups is 1. The average Bonchev–Trinajstić information content (AvgIpc) is 3.08. The van der Waals surface area contributed by atoms with E-state index in [9.17, 15) is 4.79 Å². The molecule has 0 bridgehead atoms. The molecule has 0 spiro atoms. The van der Waals surface area contributed by atoms with Crippen molar-refractivity contribution in [3.8, 4) is 11.6 Å². The molecule has 7 heteroatoms. The van der Waals surface area contributed by atoms with Gasteiger partial charge < -0.3 is 14.2 Å². The maximum atomic E-state index is 12.5. The van der Waals surface area contributed by atoms with E-state index >= 15 is 0 Å². The van der Waals surface area contributed by atoms with Crippen molar-refractivity contribution >= 4 is 11.9 Å². The van der Waals surface area contributed by atoms with E-state index in [-0.39, 0.29) is 7.46 Å². The molecule has 1 aromatic carbocycles. The lowest BCUT2D eigenvalue weighted by molar-refractivity contribution is 0.181. The summed E-state index contributed by atoms with van der Waals surface area (Å²) in [5.41, 5.74) is 4.00. The third-order valence-electron chi connectivity index (χ3n) is 5.81. The second-order valence-electron chi connectivity index (χ2n) is 8.21. The summed E-state index contributed by atoms with van der Waals surface area (Å²) in [5.74, 6) is 2.36. The van der Waals surface area contributed by atoms with Gasteiger partial charge in [0.25, 0.3) is 0 Å². The Bertz CT molecular complexity index is 1040. The summed E-state index contributed by atoms with van der Waals surface area (Å²) in [6.07, 6.45) is 4.70. The minimum absolute atomic E-state index is 0. The molecule has 4 rings (SSSR count). The lowest BCUT2D eigenvalue weighted by atomic mass is 9.90. The van der Waals surface area contributed by atoms with Crippen molar-refractivity contribution in [2.75, 3.05) is 18.4 Å². The van der Waals surface area contributed by atoms with E-state index in [1.165, 1.54) is 5.56 Å². The van der Waals surface area contributed by atoms with Gasteiger partial charge in [-0.2, -0.15) is 0 Å². The zero-order valence-corrected chi connectivity index (χ0v) is 18.2. The minimum Gasteiger partial charge on any atom is -0.439 e. The van der Waals surface area contributed by atoms with Gasteiger partial charge in [0.05, 0.1) is 5.69 Å². The van der Waals surface area contributed by atoms with Crippen molar-refractivity contribution in [2.45, 2.75) is 40.0 Å². The number of aryl methyl sites for hydroxylation is 2. The summed E-state index contributed by atoms with van der Waals surface area (Å²) in [6.45, 7) is 7.21. The molecule has 7 nitrogen and oxygen atoms in total. The van der Waals surface area contributed by atoms with Crippen LogP contribution in [0.15, 0.2) is 47.1 Å². The van der Waals surface area contributed by atoms with Crippen molar-refractivity contribution in [3.05, 3.63) is 65.0 Å². The molecule has 1 saturated heterocycles. The number of benzene rings is 1. The molecule has 0 aliphatic carbocycles. The van der Waals surface area contributed by atoms with Gasteiger partial charge >= 0.3 is 6.03 Å². The van der Waals surface area contributed by atoms with Crippen molar-refractivity contribution in [1.82, 2.24) is 15.0 Å². The first kappa shape index (κ1) is 20.9. The molecule has 1 aliphatic rings. The first-order valence-electron chi connectivity index (χ1n) is 10.7. The number of likely N-dealkylation sites (tertiary alicyclic amines) is 1. The van der Waals surface area contributed by atoms with Gasteiger partial charge in [-0.3, -0.25) is 5.32 Å². The zero-order valence-electron chi connectivity index (χ0n) is 18.2. The molecule has 1 fully saturated rings. The zero-order chi connectivity index (χ0) is 21.8. The molecule has 31 heavy (non-hydrogen) atoms. The molecule has 0 unspecified atom stereocenters. The van der Waals surface area contributed by atoms with Crippen LogP contribution < -0.4 is 10.1 Å². The monoisotopic (exact) mass is 422 g/mol. The Hall–Kier alpha value is -3.35. The number of ether oxygens (including phenoxy) is 1. The standard InChI is InChI=1S/C24H28N4O3.H2/c1-16-7-8-22(25-15-16)30-21-6-4-5-20(14-21)13-19-9-11-28(12-10-19)24(29)26-23-17(2)18(3)27-31-23;/h4-8,14-15,19H,9-13H2,1-3H3,(H,26,29);1H. The molecule has 2 aromatic heterocycles. The fourth-order valence-electron chi connectivity index (χ4n) is 3.75. The van der Waals surface area contributed by atoms with Gasteiger partial charge in [0, 0.05) is 32.3 Å². The normalized spacial score (nSPS) is 14.5. The Morgan fingerprint density at radius 2 is 2.03 bits per heavy atom. The fraction of sp³-hybridized carbons (Fsp3) is 0.375. The van der Waals surface area contributed by atoms with Gasteiger partial charge in [0.15, 0.2) is 0 Å². The van der Waals surface area contributed by atoms with Gasteiger partial charge in [-0.05, 0) is 69.2 Å². The smallest absolute Gasteiger partial charge is 0.324 e. The van der Waals surface area contributed by atoms with Gasteiger partial charge in [-0.25, -0.2) is 9.78 Å². The second kappa shape index (κ2) is 9.20. The van der Waals surface area contributed by atoms with Gasteiger partial charge in [0.2, 0.25) is 11.8 Å². The fourth-order valence-corrected chi connectivity index (χ4v) is 3.75. The molecule has 3 aromatic rings. The Balaban J connectivity index is 0.00000289. The van der Waals surface area contributed by atoms with Crippen LogP contribution in [-0.4, -0.2) is 34.2 Å². The molecular weight excluding hydrogens is 392 g/mol. The molecule has 0 saturated carbocycles. The number of hydrogen-bond acceptors (Lipinski definition) is 5. The predicted octanol–water partition coefficient (Wildman–Crippen LogP) is 5.52. The highest BCUT2D eigenvalue weighted by molar-refractivity contribution is 5.88. The van der Waals surface area contributed by atoms with Crippen LogP contribution in [-0.2, 0) is 6.42 Å². The van der Waals surface area contributed by atoms with E-state index in [0.717, 1.165) is 54.9 Å². The maximum absolute atomic E-state index is 12.5. The molecular formula is C24H30N4O3. The molecule has 1 N–H and O–H groups in total. The van der Waals surface area contributed by atoms with E-state index in [2.05, 4.69) is 27.6 Å². The number of pyridine rings is 1. The third kappa shape index (κ3) is 5.23. The summed E-state index contributed by atoms with van der Waals surface area (Å²) < 4.78 is 11.1. The van der Waals surface area contributed by atoms with Crippen LogP contribution >= 0.6 is 0 Å². The minimum atomic E-state index is -0.126. The van der Waals surface area contributed by atoms with Gasteiger partial charge in [0.1, 0.15) is 5.75 Å². The van der Waals surface area contributed by atoms with Crippen LogP contribution in [0.25, 0.3) is 0 Å². The number of carbonyl (C=O) groups excluding carboxylic acids is 1. The summed E-state index contributed by atoms with van der Waals surface area (Å²) in [6, 6.07) is 11.9. The first-order valence-corrected chi connectivity index (χ1v) is 10.7. The van der Waals surface area contributed by atoms with Crippen LogP contribution in [0.5, 0.6) is 11.6 Å². The second-order valence-corrected chi connectivity index (χ2v) is 8.21. The predicted molar refractivity (Wildman–Crippen MR) is 121 cm³/mol. The summed E-state index contributed by atoms with van der Waals surface area (Å²) >= 11 is 0. The number of rotatable bonds is 5. The lowest BCUT2D eigenvalue weighted by Gasteiger charge is -2.31. The van der Waals surface area contributed by atoms with Crippen molar-refractivity contribution in [2.24, 2.45) is 5.92 Å². The summed E-state index contributed by atoms with van der Waals surface area (Å²) in [5, 5.41) is 6.72. The van der Waals surface area contributed by atoms with Gasteiger partial charge in [-0.15, -0.1) is 0 Å². The van der Waals surface area contributed by atoms with E-state index < -0.39 is 0 Å². The summed E-state index contributed by atoms with van der Waals surface area (Å²) in [7, 11) is 0. The number of aromatic nitrogens is 2. The SMILES string of the molecule is Cc1ccc(Oc2cccc(CC3CCN(C(=O)Nc4onc(C)c4C)CC3)c2)nc1.[HH]. The topological polar surface area (TPSA) is 80.5 Å². The van der Waals surface area contributed by atoms with Crippen molar-refractivity contribution < 1.29 is 15.5 Å². The number of amides is 2. The highest BCUT2D eigenvalue weighted by Gasteiger charge is 2.24. The molecule has 2 amide bonds. The van der Waals surface area contributed by atoms with Gasteiger partial charge in [-0.1, -0.05) is 23.4 Å². The van der Waals surface area contributed by atoms with Crippen LogP contribution in [0.4, 0.5) is 10.7 Å². The Morgan fingerprint density at radius 1 is 1.23 bits per heavy atom. The first-order chi connectivity index (χ1) is 15.0. The third-order valence-corrected chi connectivity index (χ3v) is 5.81. The number of hydrogen-bond donors (Lipinski definition) is 1. The number of nitrogens with one attached hydrogen (secondary N) is 1. The number of nitrogens with zero attached hydrogens (tertiary/aromatic N) is 3. The number of carbonyl (C=O) groups is 1. The lowest BCUT2D eigenvalue weighted by Crippen LogP contribution is -2.41.